The van der Waals surface area contributed by atoms with E-state index in [1.807, 2.05) is 6.08 Å². The molecule has 0 saturated carbocycles. The number of hydrogen-bond donors (Lipinski definition) is 5. The van der Waals surface area contributed by atoms with E-state index in [1.54, 1.807) is 12.1 Å². The third-order valence-corrected chi connectivity index (χ3v) is 3.39. The Bertz CT molecular complexity index is 985. The molecule has 3 aromatic heterocycles. The Kier molecular flexibility index (Phi) is 4.33. The number of aromatic nitrogens is 6. The lowest BCUT2D eigenvalue weighted by Crippen LogP contribution is -2.28. The molecule has 8 N–H and O–H groups in total. The van der Waals surface area contributed by atoms with Crippen molar-refractivity contribution in [2.45, 2.75) is 6.42 Å². The standard InChI is InChI=1S/C14H16N12O2/c15-9-19-10(16)23-14(22-9)26(8-4-2-6-28-8)25-13-21-11(17)20-12(24-13)18-7-3-1-5-27-7/h2-4,6H,1,5H2,(H4,15,16,19,22,23)(H4,17,18,20,21,24,25). The van der Waals surface area contributed by atoms with Crippen molar-refractivity contribution in [2.75, 3.05) is 39.6 Å². The monoisotopic (exact) mass is 384 g/mol. The number of furan rings is 1. The molecule has 4 rings (SSSR count). The van der Waals surface area contributed by atoms with Crippen molar-refractivity contribution < 1.29 is 9.15 Å². The van der Waals surface area contributed by atoms with Gasteiger partial charge < -0.3 is 26.4 Å². The number of rotatable bonds is 6. The minimum absolute atomic E-state index is 0.0207. The Morgan fingerprint density at radius 3 is 2.36 bits per heavy atom. The highest BCUT2D eigenvalue weighted by Gasteiger charge is 2.19. The number of nitrogens with zero attached hydrogens (tertiary/aromatic N) is 7. The van der Waals surface area contributed by atoms with Crippen LogP contribution >= 0.6 is 0 Å². The second kappa shape index (κ2) is 7.10. The van der Waals surface area contributed by atoms with Crippen LogP contribution in [0.5, 0.6) is 0 Å². The molecule has 0 aliphatic carbocycles. The first-order valence-corrected chi connectivity index (χ1v) is 8.06. The highest BCUT2D eigenvalue weighted by Crippen LogP contribution is 2.24. The zero-order valence-corrected chi connectivity index (χ0v) is 14.4. The van der Waals surface area contributed by atoms with Gasteiger partial charge in [0.1, 0.15) is 0 Å². The van der Waals surface area contributed by atoms with Crippen LogP contribution in [0.25, 0.3) is 0 Å². The van der Waals surface area contributed by atoms with Gasteiger partial charge in [0.15, 0.2) is 5.88 Å². The number of nitrogens with two attached hydrogens (primary N) is 3. The lowest BCUT2D eigenvalue weighted by Gasteiger charge is -2.20. The van der Waals surface area contributed by atoms with Gasteiger partial charge in [0.05, 0.1) is 12.9 Å². The van der Waals surface area contributed by atoms with Crippen LogP contribution < -0.4 is 33.0 Å². The molecule has 0 bridgehead atoms. The number of hydrogen-bond acceptors (Lipinski definition) is 14. The van der Waals surface area contributed by atoms with Crippen LogP contribution in [0.15, 0.2) is 34.8 Å². The normalized spacial score (nSPS) is 12.9. The summed E-state index contributed by atoms with van der Waals surface area (Å²) in [4.78, 5) is 24.2. The molecular formula is C14H16N12O2. The quantitative estimate of drug-likeness (QED) is 0.361. The largest absolute Gasteiger partial charge is 0.479 e. The third-order valence-electron chi connectivity index (χ3n) is 3.39. The zero-order chi connectivity index (χ0) is 19.5. The molecule has 0 amide bonds. The molecule has 1 aliphatic rings. The average Bonchev–Trinajstić information content (AvgIpc) is 3.32. The van der Waals surface area contributed by atoms with E-state index >= 15 is 0 Å². The Morgan fingerprint density at radius 1 is 0.929 bits per heavy atom. The van der Waals surface area contributed by atoms with Gasteiger partial charge in [-0.25, -0.2) is 0 Å². The summed E-state index contributed by atoms with van der Waals surface area (Å²) in [5.41, 5.74) is 20.0. The maximum atomic E-state index is 5.79. The number of hydrazine groups is 1. The second-order valence-corrected chi connectivity index (χ2v) is 5.42. The van der Waals surface area contributed by atoms with Crippen molar-refractivity contribution in [3.8, 4) is 0 Å². The van der Waals surface area contributed by atoms with Gasteiger partial charge in [-0.3, -0.25) is 10.7 Å². The summed E-state index contributed by atoms with van der Waals surface area (Å²) in [6.45, 7) is 0.586. The Morgan fingerprint density at radius 2 is 1.68 bits per heavy atom. The molecule has 0 spiro atoms. The van der Waals surface area contributed by atoms with Gasteiger partial charge in [0.25, 0.3) is 5.95 Å². The summed E-state index contributed by atoms with van der Waals surface area (Å²) in [5, 5.41) is 4.25. The zero-order valence-electron chi connectivity index (χ0n) is 14.4. The van der Waals surface area contributed by atoms with Crippen molar-refractivity contribution in [3.05, 3.63) is 30.4 Å². The van der Waals surface area contributed by atoms with Crippen LogP contribution in [0.4, 0.5) is 41.6 Å². The molecule has 1 aliphatic heterocycles. The van der Waals surface area contributed by atoms with Crippen molar-refractivity contribution in [1.29, 1.82) is 0 Å². The maximum absolute atomic E-state index is 5.79. The topological polar surface area (TPSA) is 205 Å². The predicted octanol–water partition coefficient (Wildman–Crippen LogP) is 0.235. The van der Waals surface area contributed by atoms with E-state index in [0.717, 1.165) is 6.42 Å². The molecule has 14 heteroatoms. The van der Waals surface area contributed by atoms with Crippen LogP contribution in [0.3, 0.4) is 0 Å². The molecule has 0 fully saturated rings. The molecule has 28 heavy (non-hydrogen) atoms. The van der Waals surface area contributed by atoms with Crippen molar-refractivity contribution in [1.82, 2.24) is 29.9 Å². The van der Waals surface area contributed by atoms with Gasteiger partial charge in [0.2, 0.25) is 35.6 Å². The highest BCUT2D eigenvalue weighted by molar-refractivity contribution is 5.58. The summed E-state index contributed by atoms with van der Waals surface area (Å²) in [6, 6.07) is 3.33. The van der Waals surface area contributed by atoms with Crippen molar-refractivity contribution in [2.24, 2.45) is 0 Å². The molecule has 0 saturated heterocycles. The number of anilines is 7. The van der Waals surface area contributed by atoms with E-state index in [4.69, 9.17) is 26.4 Å². The Hall–Kier alpha value is -4.36. The average molecular weight is 384 g/mol. The fraction of sp³-hybridized carbons (Fsp3) is 0.143. The van der Waals surface area contributed by atoms with E-state index in [0.29, 0.717) is 18.4 Å². The van der Waals surface area contributed by atoms with E-state index in [1.165, 1.54) is 11.3 Å². The van der Waals surface area contributed by atoms with Gasteiger partial charge in [0, 0.05) is 12.5 Å². The van der Waals surface area contributed by atoms with E-state index in [2.05, 4.69) is 40.6 Å². The van der Waals surface area contributed by atoms with Gasteiger partial charge in [-0.15, -0.1) is 0 Å². The molecule has 0 aromatic carbocycles. The molecular weight excluding hydrogens is 368 g/mol. The van der Waals surface area contributed by atoms with E-state index in [9.17, 15) is 0 Å². The molecule has 0 radical (unpaired) electrons. The summed E-state index contributed by atoms with van der Waals surface area (Å²) in [6.07, 6.45) is 4.14. The first-order chi connectivity index (χ1) is 13.6. The second-order valence-electron chi connectivity index (χ2n) is 5.42. The smallest absolute Gasteiger partial charge is 0.258 e. The fourth-order valence-corrected chi connectivity index (χ4v) is 2.31. The summed E-state index contributed by atoms with van der Waals surface area (Å²) < 4.78 is 10.8. The third kappa shape index (κ3) is 3.74. The minimum Gasteiger partial charge on any atom is -0.479 e. The first kappa shape index (κ1) is 17.1. The van der Waals surface area contributed by atoms with Gasteiger partial charge in [-0.05, 0) is 12.1 Å². The molecule has 14 nitrogen and oxygen atoms in total. The summed E-state index contributed by atoms with van der Waals surface area (Å²) in [7, 11) is 0. The van der Waals surface area contributed by atoms with Crippen LogP contribution in [0.1, 0.15) is 6.42 Å². The van der Waals surface area contributed by atoms with Crippen LogP contribution in [0.2, 0.25) is 0 Å². The van der Waals surface area contributed by atoms with Crippen LogP contribution in [-0.2, 0) is 4.74 Å². The Balaban J connectivity index is 1.66. The lowest BCUT2D eigenvalue weighted by molar-refractivity contribution is 0.249. The molecule has 3 aromatic rings. The Labute approximate surface area is 157 Å². The molecule has 0 unspecified atom stereocenters. The SMILES string of the molecule is Nc1nc(NC2=CCCO2)nc(NN(c2nc(N)nc(N)n2)c2ccco2)n1. The number of nitrogens with one attached hydrogen (secondary N) is 2. The molecule has 4 heterocycles. The number of nitrogen functional groups attached to an aromatic ring is 3. The summed E-state index contributed by atoms with van der Waals surface area (Å²) in [5.74, 6) is 1.05. The van der Waals surface area contributed by atoms with Gasteiger partial charge in [-0.2, -0.15) is 34.9 Å². The van der Waals surface area contributed by atoms with Gasteiger partial charge >= 0.3 is 0 Å². The van der Waals surface area contributed by atoms with E-state index < -0.39 is 0 Å². The van der Waals surface area contributed by atoms with Crippen molar-refractivity contribution in [3.63, 3.8) is 0 Å². The van der Waals surface area contributed by atoms with E-state index in [-0.39, 0.29) is 35.7 Å². The first-order valence-electron chi connectivity index (χ1n) is 8.06. The highest BCUT2D eigenvalue weighted by atomic mass is 16.5. The fourth-order valence-electron chi connectivity index (χ4n) is 2.31. The lowest BCUT2D eigenvalue weighted by atomic mass is 10.5. The van der Waals surface area contributed by atoms with Crippen LogP contribution in [-0.4, -0.2) is 36.5 Å². The van der Waals surface area contributed by atoms with Crippen molar-refractivity contribution >= 4 is 41.6 Å². The minimum atomic E-state index is -0.0660. The predicted molar refractivity (Wildman–Crippen MR) is 99.6 cm³/mol. The van der Waals surface area contributed by atoms with Gasteiger partial charge in [-0.1, -0.05) is 0 Å². The molecule has 0 atom stereocenters. The van der Waals surface area contributed by atoms with Crippen LogP contribution in [0, 0.1) is 0 Å². The summed E-state index contributed by atoms with van der Waals surface area (Å²) >= 11 is 0. The number of ether oxygens (including phenoxy) is 1. The molecule has 144 valence electrons. The maximum Gasteiger partial charge on any atom is 0.258 e.